The number of benzene rings is 2. The first-order chi connectivity index (χ1) is 11.5. The van der Waals surface area contributed by atoms with E-state index in [-0.39, 0.29) is 11.9 Å². The zero-order valence-electron chi connectivity index (χ0n) is 14.0. The van der Waals surface area contributed by atoms with Gasteiger partial charge >= 0.3 is 0 Å². The summed E-state index contributed by atoms with van der Waals surface area (Å²) >= 11 is 6.19. The van der Waals surface area contributed by atoms with Crippen LogP contribution in [-0.4, -0.2) is 31.1 Å². The van der Waals surface area contributed by atoms with Crippen LogP contribution in [0, 0.1) is 0 Å². The van der Waals surface area contributed by atoms with Gasteiger partial charge in [-0.05, 0) is 48.7 Å². The van der Waals surface area contributed by atoms with Crippen molar-refractivity contribution in [3.8, 4) is 11.5 Å². The molecular weight excluding hydrogens is 326 g/mol. The van der Waals surface area contributed by atoms with Crippen LogP contribution in [0.2, 0.25) is 5.02 Å². The van der Waals surface area contributed by atoms with Crippen molar-refractivity contribution >= 4 is 17.5 Å². The fourth-order valence-corrected chi connectivity index (χ4v) is 3.35. The smallest absolute Gasteiger partial charge is 0.255 e. The highest BCUT2D eigenvalue weighted by Gasteiger charge is 2.29. The van der Waals surface area contributed by atoms with Crippen molar-refractivity contribution < 1.29 is 14.3 Å². The fourth-order valence-electron chi connectivity index (χ4n) is 3.13. The number of hydrogen-bond donors (Lipinski definition) is 0. The lowest BCUT2D eigenvalue weighted by Gasteiger charge is -2.35. The molecule has 0 saturated carbocycles. The van der Waals surface area contributed by atoms with E-state index >= 15 is 0 Å². The average Bonchev–Trinajstić information content (AvgIpc) is 2.59. The highest BCUT2D eigenvalue weighted by molar-refractivity contribution is 6.33. The van der Waals surface area contributed by atoms with Gasteiger partial charge in [0.15, 0.2) is 11.5 Å². The van der Waals surface area contributed by atoms with Crippen LogP contribution in [0.3, 0.4) is 0 Å². The summed E-state index contributed by atoms with van der Waals surface area (Å²) in [6.07, 6.45) is 0.770. The molecule has 1 heterocycles. The van der Waals surface area contributed by atoms with Crippen LogP contribution in [-0.2, 0) is 13.0 Å². The number of nitrogens with zero attached hydrogens (tertiary/aromatic N) is 1. The lowest BCUT2D eigenvalue weighted by molar-refractivity contribution is 0.0658. The zero-order valence-corrected chi connectivity index (χ0v) is 14.8. The van der Waals surface area contributed by atoms with Gasteiger partial charge in [0.1, 0.15) is 0 Å². The minimum absolute atomic E-state index is 0.0477. The quantitative estimate of drug-likeness (QED) is 0.845. The van der Waals surface area contributed by atoms with Gasteiger partial charge in [-0.3, -0.25) is 4.79 Å². The van der Waals surface area contributed by atoms with Crippen molar-refractivity contribution in [2.45, 2.75) is 25.9 Å². The van der Waals surface area contributed by atoms with E-state index < -0.39 is 0 Å². The maximum atomic E-state index is 12.9. The Morgan fingerprint density at radius 3 is 2.38 bits per heavy atom. The standard InChI is InChI=1S/C19H20ClNO3/c1-12-8-13-9-17(23-2)18(24-3)10-14(13)11-21(12)19(22)15-6-4-5-7-16(15)20/h4-7,9-10,12H,8,11H2,1-3H3. The Labute approximate surface area is 146 Å². The molecule has 0 bridgehead atoms. The Morgan fingerprint density at radius 2 is 1.75 bits per heavy atom. The summed E-state index contributed by atoms with van der Waals surface area (Å²) in [5.41, 5.74) is 2.80. The predicted molar refractivity (Wildman–Crippen MR) is 94.0 cm³/mol. The molecule has 1 aliphatic heterocycles. The lowest BCUT2D eigenvalue weighted by atomic mass is 9.93. The Hall–Kier alpha value is -2.20. The van der Waals surface area contributed by atoms with Crippen molar-refractivity contribution in [3.05, 3.63) is 58.1 Å². The molecule has 5 heteroatoms. The molecule has 0 radical (unpaired) electrons. The van der Waals surface area contributed by atoms with Crippen LogP contribution in [0.4, 0.5) is 0 Å². The molecule has 0 saturated heterocycles. The van der Waals surface area contributed by atoms with Crippen molar-refractivity contribution in [1.82, 2.24) is 4.90 Å². The van der Waals surface area contributed by atoms with Crippen LogP contribution in [0.5, 0.6) is 11.5 Å². The van der Waals surface area contributed by atoms with Crippen LogP contribution in [0.15, 0.2) is 36.4 Å². The molecule has 0 spiro atoms. The van der Waals surface area contributed by atoms with E-state index in [4.69, 9.17) is 21.1 Å². The van der Waals surface area contributed by atoms with Crippen molar-refractivity contribution in [3.63, 3.8) is 0 Å². The number of ether oxygens (including phenoxy) is 2. The maximum Gasteiger partial charge on any atom is 0.255 e. The summed E-state index contributed by atoms with van der Waals surface area (Å²) in [6, 6.07) is 11.2. The molecule has 1 amide bonds. The fraction of sp³-hybridized carbons (Fsp3) is 0.316. The third-order valence-corrected chi connectivity index (χ3v) is 4.79. The SMILES string of the molecule is COc1cc2c(cc1OC)CN(C(=O)c1ccccc1Cl)C(C)C2. The minimum atomic E-state index is -0.0477. The number of rotatable bonds is 3. The number of hydrogen-bond acceptors (Lipinski definition) is 3. The summed E-state index contributed by atoms with van der Waals surface area (Å²) in [4.78, 5) is 14.8. The van der Waals surface area contributed by atoms with Gasteiger partial charge in [0.25, 0.3) is 5.91 Å². The third kappa shape index (κ3) is 2.94. The second-order valence-electron chi connectivity index (χ2n) is 5.94. The van der Waals surface area contributed by atoms with Crippen LogP contribution >= 0.6 is 11.6 Å². The van der Waals surface area contributed by atoms with Gasteiger partial charge < -0.3 is 14.4 Å². The Morgan fingerprint density at radius 1 is 1.12 bits per heavy atom. The van der Waals surface area contributed by atoms with Crippen LogP contribution < -0.4 is 9.47 Å². The van der Waals surface area contributed by atoms with Gasteiger partial charge in [-0.15, -0.1) is 0 Å². The van der Waals surface area contributed by atoms with Gasteiger partial charge in [-0.2, -0.15) is 0 Å². The molecule has 0 N–H and O–H groups in total. The molecule has 1 atom stereocenters. The number of amides is 1. The van der Waals surface area contributed by atoms with E-state index in [1.807, 2.05) is 36.1 Å². The molecular formula is C19H20ClNO3. The Bertz CT molecular complexity index is 775. The highest BCUT2D eigenvalue weighted by atomic mass is 35.5. The topological polar surface area (TPSA) is 38.8 Å². The zero-order chi connectivity index (χ0) is 17.3. The number of fused-ring (bicyclic) bond motifs is 1. The molecule has 0 aromatic heterocycles. The second kappa shape index (κ2) is 6.73. The van der Waals surface area contributed by atoms with E-state index in [1.165, 1.54) is 5.56 Å². The van der Waals surface area contributed by atoms with E-state index in [9.17, 15) is 4.79 Å². The van der Waals surface area contributed by atoms with Crippen molar-refractivity contribution in [1.29, 1.82) is 0 Å². The van der Waals surface area contributed by atoms with Gasteiger partial charge in [-0.1, -0.05) is 23.7 Å². The largest absolute Gasteiger partial charge is 0.493 e. The minimum Gasteiger partial charge on any atom is -0.493 e. The number of halogens is 1. The molecule has 3 rings (SSSR count). The normalized spacial score (nSPS) is 16.5. The first-order valence-corrected chi connectivity index (χ1v) is 8.22. The lowest BCUT2D eigenvalue weighted by Crippen LogP contribution is -2.42. The van der Waals surface area contributed by atoms with Gasteiger partial charge in [0, 0.05) is 12.6 Å². The average molecular weight is 346 g/mol. The Balaban J connectivity index is 1.94. The summed E-state index contributed by atoms with van der Waals surface area (Å²) in [5, 5.41) is 0.479. The van der Waals surface area contributed by atoms with Crippen molar-refractivity contribution in [2.75, 3.05) is 14.2 Å². The molecule has 4 nitrogen and oxygen atoms in total. The Kier molecular flexibility index (Phi) is 4.67. The maximum absolute atomic E-state index is 12.9. The summed E-state index contributed by atoms with van der Waals surface area (Å²) in [6.45, 7) is 2.58. The second-order valence-corrected chi connectivity index (χ2v) is 6.35. The number of carbonyl (C=O) groups is 1. The molecule has 2 aromatic rings. The van der Waals surface area contributed by atoms with Gasteiger partial charge in [-0.25, -0.2) is 0 Å². The molecule has 0 aliphatic carbocycles. The van der Waals surface area contributed by atoms with Gasteiger partial charge in [0.05, 0.1) is 24.8 Å². The molecule has 0 fully saturated rings. The molecule has 1 aliphatic rings. The summed E-state index contributed by atoms with van der Waals surface area (Å²) in [7, 11) is 3.24. The van der Waals surface area contributed by atoms with E-state index in [2.05, 4.69) is 0 Å². The predicted octanol–water partition coefficient (Wildman–Crippen LogP) is 3.94. The van der Waals surface area contributed by atoms with E-state index in [1.54, 1.807) is 26.4 Å². The third-order valence-electron chi connectivity index (χ3n) is 4.46. The first kappa shape index (κ1) is 16.7. The summed E-state index contributed by atoms with van der Waals surface area (Å²) < 4.78 is 10.8. The number of carbonyl (C=O) groups excluding carboxylic acids is 1. The molecule has 1 unspecified atom stereocenters. The molecule has 126 valence electrons. The van der Waals surface area contributed by atoms with E-state index in [0.29, 0.717) is 28.6 Å². The molecule has 24 heavy (non-hydrogen) atoms. The van der Waals surface area contributed by atoms with Crippen LogP contribution in [0.1, 0.15) is 28.4 Å². The van der Waals surface area contributed by atoms with Gasteiger partial charge in [0.2, 0.25) is 0 Å². The van der Waals surface area contributed by atoms with E-state index in [0.717, 1.165) is 12.0 Å². The summed E-state index contributed by atoms with van der Waals surface area (Å²) in [5.74, 6) is 1.35. The van der Waals surface area contributed by atoms with Crippen LogP contribution in [0.25, 0.3) is 0 Å². The monoisotopic (exact) mass is 345 g/mol. The highest BCUT2D eigenvalue weighted by Crippen LogP contribution is 2.35. The first-order valence-electron chi connectivity index (χ1n) is 7.84. The van der Waals surface area contributed by atoms with Crippen molar-refractivity contribution in [2.24, 2.45) is 0 Å². The molecule has 2 aromatic carbocycles. The number of methoxy groups -OCH3 is 2.